The van der Waals surface area contributed by atoms with Crippen LogP contribution in [0.5, 0.6) is 0 Å². The number of hydrogen-bond donors (Lipinski definition) is 0. The molecule has 0 aliphatic carbocycles. The van der Waals surface area contributed by atoms with E-state index in [1.807, 2.05) is 0 Å². The van der Waals surface area contributed by atoms with Gasteiger partial charge in [-0.25, -0.2) is 0 Å². The minimum Gasteiger partial charge on any atom is -0.469 e. The van der Waals surface area contributed by atoms with Crippen LogP contribution in [0.4, 0.5) is 0 Å². The summed E-state index contributed by atoms with van der Waals surface area (Å²) in [6, 6.07) is 8.38. The fraction of sp³-hybridized carbons (Fsp3) is 0.682. The van der Waals surface area contributed by atoms with Gasteiger partial charge in [0.2, 0.25) is 0 Å². The summed E-state index contributed by atoms with van der Waals surface area (Å²) in [7, 11) is -2.28. The number of esters is 1. The molecule has 7 heteroatoms. The van der Waals surface area contributed by atoms with Crippen LogP contribution in [-0.4, -0.2) is 39.1 Å². The lowest BCUT2D eigenvalue weighted by Gasteiger charge is -2.17. The van der Waals surface area contributed by atoms with Crippen molar-refractivity contribution in [3.05, 3.63) is 30.3 Å². The summed E-state index contributed by atoms with van der Waals surface area (Å²) in [6.45, 7) is 2.10. The fourth-order valence-corrected chi connectivity index (χ4v) is 5.04. The largest absolute Gasteiger partial charge is 0.469 e. The topological polar surface area (TPSA) is 69.7 Å². The predicted octanol–water partition coefficient (Wildman–Crippen LogP) is 5.59. The molecule has 0 saturated heterocycles. The lowest BCUT2D eigenvalue weighted by molar-refractivity contribution is -0.140. The van der Waals surface area contributed by atoms with E-state index >= 15 is 0 Å². The number of carbonyl (C=O) groups is 1. The maximum atomic E-state index is 12.5. The minimum atomic E-state index is -3.69. The first kappa shape index (κ1) is 26.0. The van der Waals surface area contributed by atoms with Crippen molar-refractivity contribution < 1.29 is 22.1 Å². The Kier molecular flexibility index (Phi) is 14.1. The molecule has 0 fully saturated rings. The van der Waals surface area contributed by atoms with Crippen molar-refractivity contribution in [2.24, 2.45) is 0 Å². The van der Waals surface area contributed by atoms with Gasteiger partial charge < -0.3 is 4.74 Å². The average molecular weight is 445 g/mol. The second-order valence-electron chi connectivity index (χ2n) is 7.12. The number of benzene rings is 1. The molecule has 0 heterocycles. The standard InChI is InChI=1S/C22H36O5S2/c1-3-4-13-20(27-29(24,25)21-15-10-8-11-16-21)14-9-6-5-7-12-18-28-19-17-22(23)26-2/h8,10-11,15-16,20H,3-7,9,12-14,17-19H2,1-2H3/t20-/m0/s1. The summed E-state index contributed by atoms with van der Waals surface area (Å²) < 4.78 is 35.1. The molecule has 1 aromatic carbocycles. The van der Waals surface area contributed by atoms with E-state index in [0.717, 1.165) is 69.3 Å². The van der Waals surface area contributed by atoms with Crippen molar-refractivity contribution >= 4 is 27.8 Å². The Morgan fingerprint density at radius 3 is 2.31 bits per heavy atom. The van der Waals surface area contributed by atoms with Gasteiger partial charge in [-0.05, 0) is 37.1 Å². The van der Waals surface area contributed by atoms with E-state index in [9.17, 15) is 13.2 Å². The number of methoxy groups -OCH3 is 1. The van der Waals surface area contributed by atoms with E-state index in [1.54, 1.807) is 42.1 Å². The molecule has 29 heavy (non-hydrogen) atoms. The van der Waals surface area contributed by atoms with Crippen molar-refractivity contribution in [2.75, 3.05) is 18.6 Å². The monoisotopic (exact) mass is 444 g/mol. The van der Waals surface area contributed by atoms with Crippen molar-refractivity contribution in [2.45, 2.75) is 82.1 Å². The first-order valence-corrected chi connectivity index (χ1v) is 13.2. The molecule has 0 N–H and O–H groups in total. The van der Waals surface area contributed by atoms with Gasteiger partial charge in [0.05, 0.1) is 24.5 Å². The highest BCUT2D eigenvalue weighted by atomic mass is 32.2. The Hall–Kier alpha value is -1.05. The quantitative estimate of drug-likeness (QED) is 0.177. The summed E-state index contributed by atoms with van der Waals surface area (Å²) in [5.41, 5.74) is 0. The van der Waals surface area contributed by atoms with Crippen LogP contribution in [0, 0.1) is 0 Å². The number of thioether (sulfide) groups is 1. The molecular formula is C22H36O5S2. The molecular weight excluding hydrogens is 408 g/mol. The summed E-state index contributed by atoms with van der Waals surface area (Å²) >= 11 is 1.79. The van der Waals surface area contributed by atoms with E-state index in [2.05, 4.69) is 11.7 Å². The summed E-state index contributed by atoms with van der Waals surface area (Å²) in [5.74, 6) is 1.74. The molecule has 1 aromatic rings. The van der Waals surface area contributed by atoms with Crippen molar-refractivity contribution in [1.29, 1.82) is 0 Å². The molecule has 166 valence electrons. The summed E-state index contributed by atoms with van der Waals surface area (Å²) in [5, 5.41) is 0. The fourth-order valence-electron chi connectivity index (χ4n) is 2.96. The third kappa shape index (κ3) is 12.3. The Balaban J connectivity index is 2.23. The van der Waals surface area contributed by atoms with E-state index in [0.29, 0.717) is 6.42 Å². The molecule has 0 spiro atoms. The van der Waals surface area contributed by atoms with Gasteiger partial charge in [-0.1, -0.05) is 63.6 Å². The van der Waals surface area contributed by atoms with E-state index in [1.165, 1.54) is 7.11 Å². The third-order valence-electron chi connectivity index (χ3n) is 4.67. The van der Waals surface area contributed by atoms with Gasteiger partial charge in [-0.3, -0.25) is 8.98 Å². The lowest BCUT2D eigenvalue weighted by Crippen LogP contribution is -2.19. The van der Waals surface area contributed by atoms with Crippen molar-refractivity contribution in [1.82, 2.24) is 0 Å². The van der Waals surface area contributed by atoms with Crippen LogP contribution in [0.1, 0.15) is 71.1 Å². The first-order chi connectivity index (χ1) is 14.0. The Morgan fingerprint density at radius 1 is 0.966 bits per heavy atom. The average Bonchev–Trinajstić information content (AvgIpc) is 2.73. The number of carbonyl (C=O) groups excluding carboxylic acids is 1. The van der Waals surface area contributed by atoms with Crippen LogP contribution in [0.15, 0.2) is 35.2 Å². The van der Waals surface area contributed by atoms with Crippen molar-refractivity contribution in [3.8, 4) is 0 Å². The minimum absolute atomic E-state index is 0.147. The second-order valence-corrected chi connectivity index (χ2v) is 9.92. The zero-order valence-corrected chi connectivity index (χ0v) is 19.4. The number of ether oxygens (including phenoxy) is 1. The van der Waals surface area contributed by atoms with E-state index in [-0.39, 0.29) is 17.0 Å². The van der Waals surface area contributed by atoms with Gasteiger partial charge >= 0.3 is 5.97 Å². The first-order valence-electron chi connectivity index (χ1n) is 10.6. The Labute approximate surface area is 181 Å². The third-order valence-corrected chi connectivity index (χ3v) is 7.11. The molecule has 1 rings (SSSR count). The van der Waals surface area contributed by atoms with Crippen LogP contribution in [0.2, 0.25) is 0 Å². The second kappa shape index (κ2) is 15.7. The van der Waals surface area contributed by atoms with E-state index in [4.69, 9.17) is 4.18 Å². The highest BCUT2D eigenvalue weighted by Crippen LogP contribution is 2.21. The summed E-state index contributed by atoms with van der Waals surface area (Å²) in [4.78, 5) is 11.3. The Bertz CT molecular complexity index is 646. The molecule has 0 radical (unpaired) electrons. The molecule has 0 saturated carbocycles. The number of hydrogen-bond acceptors (Lipinski definition) is 6. The maximum Gasteiger partial charge on any atom is 0.306 e. The Morgan fingerprint density at radius 2 is 1.62 bits per heavy atom. The zero-order chi connectivity index (χ0) is 21.4. The lowest BCUT2D eigenvalue weighted by atomic mass is 10.0. The van der Waals surface area contributed by atoms with Crippen LogP contribution >= 0.6 is 11.8 Å². The molecule has 0 bridgehead atoms. The van der Waals surface area contributed by atoms with Crippen LogP contribution in [-0.2, 0) is 23.8 Å². The van der Waals surface area contributed by atoms with Gasteiger partial charge in [0.25, 0.3) is 10.1 Å². The smallest absolute Gasteiger partial charge is 0.306 e. The SMILES string of the molecule is CCCC[C@@H](CCCCCCCSCCC(=O)OC)OS(=O)(=O)c1ccccc1. The molecule has 0 aliphatic rings. The highest BCUT2D eigenvalue weighted by Gasteiger charge is 2.21. The van der Waals surface area contributed by atoms with E-state index < -0.39 is 10.1 Å². The molecule has 0 aliphatic heterocycles. The predicted molar refractivity (Wildman–Crippen MR) is 120 cm³/mol. The summed E-state index contributed by atoms with van der Waals surface area (Å²) in [6.07, 6.45) is 9.30. The van der Waals surface area contributed by atoms with Crippen molar-refractivity contribution in [3.63, 3.8) is 0 Å². The van der Waals surface area contributed by atoms with Gasteiger partial charge in [0, 0.05) is 5.75 Å². The van der Waals surface area contributed by atoms with Gasteiger partial charge in [-0.15, -0.1) is 0 Å². The highest BCUT2D eigenvalue weighted by molar-refractivity contribution is 7.99. The molecule has 5 nitrogen and oxygen atoms in total. The van der Waals surface area contributed by atoms with Gasteiger partial charge in [-0.2, -0.15) is 20.2 Å². The number of unbranched alkanes of at least 4 members (excludes halogenated alkanes) is 5. The molecule has 0 amide bonds. The van der Waals surface area contributed by atoms with Gasteiger partial charge in [0.15, 0.2) is 0 Å². The van der Waals surface area contributed by atoms with Crippen LogP contribution < -0.4 is 0 Å². The zero-order valence-electron chi connectivity index (χ0n) is 17.8. The van der Waals surface area contributed by atoms with Crippen LogP contribution in [0.25, 0.3) is 0 Å². The molecule has 0 unspecified atom stereocenters. The van der Waals surface area contributed by atoms with Gasteiger partial charge in [0.1, 0.15) is 0 Å². The normalized spacial score (nSPS) is 12.6. The maximum absolute atomic E-state index is 12.5. The molecule has 0 aromatic heterocycles. The van der Waals surface area contributed by atoms with Crippen LogP contribution in [0.3, 0.4) is 0 Å². The number of rotatable bonds is 17. The molecule has 1 atom stereocenters.